The molecule has 1 fully saturated rings. The Morgan fingerprint density at radius 3 is 1.56 bits per heavy atom. The first kappa shape index (κ1) is 29.4. The second-order valence-corrected chi connectivity index (χ2v) is 11.5. The van der Waals surface area contributed by atoms with Crippen molar-refractivity contribution in [2.45, 2.75) is 70.1 Å². The molecule has 39 heavy (non-hydrogen) atoms. The lowest BCUT2D eigenvalue weighted by Crippen LogP contribution is -2.59. The van der Waals surface area contributed by atoms with Gasteiger partial charge in [-0.3, -0.25) is 4.18 Å². The van der Waals surface area contributed by atoms with Gasteiger partial charge in [0.25, 0.3) is 10.1 Å². The summed E-state index contributed by atoms with van der Waals surface area (Å²) in [6.45, 7) is 3.28. The van der Waals surface area contributed by atoms with E-state index in [2.05, 4.69) is 0 Å². The van der Waals surface area contributed by atoms with Crippen LogP contribution in [0, 0.1) is 0 Å². The zero-order valence-electron chi connectivity index (χ0n) is 22.6. The van der Waals surface area contributed by atoms with E-state index in [0.29, 0.717) is 32.7 Å². The zero-order chi connectivity index (χ0) is 27.5. The van der Waals surface area contributed by atoms with E-state index in [-0.39, 0.29) is 24.9 Å². The Morgan fingerprint density at radius 1 is 0.667 bits per heavy atom. The van der Waals surface area contributed by atoms with Crippen LogP contribution in [0.5, 0.6) is 0 Å². The molecule has 0 bridgehead atoms. The Balaban J connectivity index is 1.54. The van der Waals surface area contributed by atoms with Gasteiger partial charge in [0.05, 0.1) is 44.9 Å². The van der Waals surface area contributed by atoms with Crippen molar-refractivity contribution in [3.8, 4) is 0 Å². The topological polar surface area (TPSA) is 80.3 Å². The number of hydrogen-bond acceptors (Lipinski definition) is 7. The van der Waals surface area contributed by atoms with Crippen LogP contribution in [0.15, 0.2) is 91.0 Å². The summed E-state index contributed by atoms with van der Waals surface area (Å²) < 4.78 is 53.9. The molecule has 3 aromatic rings. The van der Waals surface area contributed by atoms with Crippen LogP contribution in [-0.4, -0.2) is 51.8 Å². The number of hydrogen-bond donors (Lipinski definition) is 0. The normalized spacial score (nSPS) is 23.5. The molecule has 8 heteroatoms. The summed E-state index contributed by atoms with van der Waals surface area (Å²) in [6.07, 6.45) is 0.271. The molecule has 3 aromatic carbocycles. The molecule has 1 heterocycles. The molecule has 1 saturated heterocycles. The molecule has 4 rings (SSSR count). The van der Waals surface area contributed by atoms with E-state index in [1.54, 1.807) is 0 Å². The van der Waals surface area contributed by atoms with Crippen LogP contribution in [0.2, 0.25) is 0 Å². The summed E-state index contributed by atoms with van der Waals surface area (Å²) >= 11 is 0. The molecule has 0 saturated carbocycles. The fourth-order valence-corrected chi connectivity index (χ4v) is 5.17. The molecular weight excluding hydrogens is 516 g/mol. The van der Waals surface area contributed by atoms with E-state index in [1.807, 2.05) is 97.9 Å². The van der Waals surface area contributed by atoms with Crippen LogP contribution in [0.25, 0.3) is 0 Å². The molecule has 0 unspecified atom stereocenters. The minimum Gasteiger partial charge on any atom is -0.370 e. The Hall–Kier alpha value is -2.59. The molecule has 0 aromatic heterocycles. The summed E-state index contributed by atoms with van der Waals surface area (Å²) in [6, 6.07) is 30.0. The largest absolute Gasteiger partial charge is 0.370 e. The van der Waals surface area contributed by atoms with E-state index in [1.165, 1.54) is 0 Å². The van der Waals surface area contributed by atoms with Gasteiger partial charge in [-0.1, -0.05) is 91.0 Å². The molecule has 1 aliphatic rings. The molecule has 5 atom stereocenters. The second kappa shape index (κ2) is 14.7. The monoisotopic (exact) mass is 554 g/mol. The quantitative estimate of drug-likeness (QED) is 0.198. The van der Waals surface area contributed by atoms with E-state index in [9.17, 15) is 8.42 Å². The predicted molar refractivity (Wildman–Crippen MR) is 149 cm³/mol. The van der Waals surface area contributed by atoms with Crippen molar-refractivity contribution in [1.82, 2.24) is 0 Å². The second-order valence-electron chi connectivity index (χ2n) is 9.83. The lowest BCUT2D eigenvalue weighted by molar-refractivity contribution is -0.262. The van der Waals surface area contributed by atoms with E-state index >= 15 is 0 Å². The fourth-order valence-electron chi connectivity index (χ4n) is 4.75. The Bertz CT molecular complexity index is 1210. The smallest absolute Gasteiger partial charge is 0.264 e. The summed E-state index contributed by atoms with van der Waals surface area (Å²) in [5, 5.41) is 0. The molecule has 0 radical (unpaired) electrons. The molecule has 7 nitrogen and oxygen atoms in total. The maximum Gasteiger partial charge on any atom is 0.264 e. The third kappa shape index (κ3) is 9.53. The summed E-state index contributed by atoms with van der Waals surface area (Å²) in [5.41, 5.74) is 3.16. The van der Waals surface area contributed by atoms with Crippen LogP contribution < -0.4 is 0 Å². The average molecular weight is 555 g/mol. The zero-order valence-corrected chi connectivity index (χ0v) is 23.4. The Labute approximate surface area is 232 Å². The van der Waals surface area contributed by atoms with Crippen molar-refractivity contribution in [2.75, 3.05) is 12.9 Å². The van der Waals surface area contributed by atoms with Crippen molar-refractivity contribution in [1.29, 1.82) is 0 Å². The Morgan fingerprint density at radius 2 is 1.10 bits per heavy atom. The van der Waals surface area contributed by atoms with Crippen molar-refractivity contribution < 1.29 is 31.5 Å². The summed E-state index contributed by atoms with van der Waals surface area (Å²) in [7, 11) is -3.51. The van der Waals surface area contributed by atoms with E-state index < -0.39 is 22.3 Å². The number of benzene rings is 3. The van der Waals surface area contributed by atoms with Gasteiger partial charge in [-0.15, -0.1) is 0 Å². The molecular formula is C31H38O7S. The van der Waals surface area contributed by atoms with Crippen LogP contribution in [0.4, 0.5) is 0 Å². The highest BCUT2D eigenvalue weighted by Crippen LogP contribution is 2.32. The third-order valence-electron chi connectivity index (χ3n) is 6.65. The van der Waals surface area contributed by atoms with Gasteiger partial charge in [0, 0.05) is 0 Å². The first-order valence-corrected chi connectivity index (χ1v) is 15.2. The SMILES string of the molecule is C[C@@H]1O[C@@H](CCCOS(C)(=O)=O)[C@@H](OCc2ccccc2)[C@H](OCc2ccccc2)[C@@H]1OCc1ccccc1. The first-order valence-electron chi connectivity index (χ1n) is 13.4. The molecule has 1 aliphatic heterocycles. The van der Waals surface area contributed by atoms with Crippen LogP contribution in [0.3, 0.4) is 0 Å². The van der Waals surface area contributed by atoms with Crippen LogP contribution in [0.1, 0.15) is 36.5 Å². The van der Waals surface area contributed by atoms with Gasteiger partial charge < -0.3 is 18.9 Å². The Kier molecular flexibility index (Phi) is 11.1. The van der Waals surface area contributed by atoms with Crippen molar-refractivity contribution >= 4 is 10.1 Å². The van der Waals surface area contributed by atoms with Crippen molar-refractivity contribution in [2.24, 2.45) is 0 Å². The highest BCUT2D eigenvalue weighted by atomic mass is 32.2. The highest BCUT2D eigenvalue weighted by molar-refractivity contribution is 7.85. The maximum absolute atomic E-state index is 11.4. The van der Waals surface area contributed by atoms with Gasteiger partial charge in [-0.05, 0) is 36.5 Å². The molecule has 210 valence electrons. The third-order valence-corrected chi connectivity index (χ3v) is 7.25. The predicted octanol–water partition coefficient (Wildman–Crippen LogP) is 5.29. The molecule has 0 aliphatic carbocycles. The van der Waals surface area contributed by atoms with Gasteiger partial charge in [0.2, 0.25) is 0 Å². The standard InChI is InChI=1S/C31H38O7S/c1-24-29(34-21-25-13-6-3-7-14-25)31(36-23-27-17-10-5-11-18-27)30(35-22-26-15-8-4-9-16-26)28(38-24)19-12-20-37-39(2,32)33/h3-11,13-18,24,28-31H,12,19-23H2,1-2H3/t24-,28-,29+,30+,31+/m0/s1. The van der Waals surface area contributed by atoms with Crippen LogP contribution >= 0.6 is 0 Å². The molecule has 0 amide bonds. The highest BCUT2D eigenvalue weighted by Gasteiger charge is 2.46. The van der Waals surface area contributed by atoms with Gasteiger partial charge in [0.1, 0.15) is 18.3 Å². The van der Waals surface area contributed by atoms with Crippen molar-refractivity contribution in [3.63, 3.8) is 0 Å². The number of ether oxygens (including phenoxy) is 4. The minimum atomic E-state index is -3.51. The van der Waals surface area contributed by atoms with Gasteiger partial charge in [0.15, 0.2) is 0 Å². The lowest BCUT2D eigenvalue weighted by Gasteiger charge is -2.45. The van der Waals surface area contributed by atoms with Gasteiger partial charge in [-0.2, -0.15) is 8.42 Å². The van der Waals surface area contributed by atoms with E-state index in [0.717, 1.165) is 22.9 Å². The number of rotatable bonds is 14. The minimum absolute atomic E-state index is 0.0853. The molecule has 0 spiro atoms. The first-order chi connectivity index (χ1) is 18.9. The fraction of sp³-hybridized carbons (Fsp3) is 0.419. The van der Waals surface area contributed by atoms with Crippen molar-refractivity contribution in [3.05, 3.63) is 108 Å². The summed E-state index contributed by atoms with van der Waals surface area (Å²) in [4.78, 5) is 0. The van der Waals surface area contributed by atoms with E-state index in [4.69, 9.17) is 23.1 Å². The summed E-state index contributed by atoms with van der Waals surface area (Å²) in [5.74, 6) is 0. The van der Waals surface area contributed by atoms with Gasteiger partial charge in [-0.25, -0.2) is 0 Å². The average Bonchev–Trinajstić information content (AvgIpc) is 2.94. The van der Waals surface area contributed by atoms with Crippen LogP contribution in [-0.2, 0) is 53.1 Å². The van der Waals surface area contributed by atoms with Gasteiger partial charge >= 0.3 is 0 Å². The lowest BCUT2D eigenvalue weighted by atomic mass is 9.92. The maximum atomic E-state index is 11.4. The molecule has 0 N–H and O–H groups in total.